The smallest absolute Gasteiger partial charge is 0.326 e. The van der Waals surface area contributed by atoms with Crippen LogP contribution in [0.4, 0.5) is 0 Å². The van der Waals surface area contributed by atoms with Crippen molar-refractivity contribution < 1.29 is 17.9 Å². The van der Waals surface area contributed by atoms with E-state index in [1.165, 1.54) is 0 Å². The molecule has 2 rings (SSSR count). The summed E-state index contributed by atoms with van der Waals surface area (Å²) >= 11 is 0. The van der Waals surface area contributed by atoms with Gasteiger partial charge in [0, 0.05) is 12.6 Å². The molecule has 0 aromatic rings. The zero-order chi connectivity index (χ0) is 14.8. The second kappa shape index (κ2) is 5.99. The average Bonchev–Trinajstić information content (AvgIpc) is 2.68. The van der Waals surface area contributed by atoms with E-state index in [-0.39, 0.29) is 23.5 Å². The van der Waals surface area contributed by atoms with E-state index in [9.17, 15) is 13.2 Å². The van der Waals surface area contributed by atoms with Crippen molar-refractivity contribution in [2.24, 2.45) is 5.73 Å². The molecule has 1 saturated carbocycles. The number of carbonyl (C=O) groups is 1. The van der Waals surface area contributed by atoms with Gasteiger partial charge in [-0.25, -0.2) is 8.42 Å². The molecule has 0 aromatic heterocycles. The van der Waals surface area contributed by atoms with Crippen molar-refractivity contribution in [3.05, 3.63) is 0 Å². The van der Waals surface area contributed by atoms with Gasteiger partial charge in [0.1, 0.15) is 5.54 Å². The molecule has 2 N–H and O–H groups in total. The summed E-state index contributed by atoms with van der Waals surface area (Å²) in [4.78, 5) is 14.1. The Labute approximate surface area is 120 Å². The number of hydrogen-bond donors (Lipinski definition) is 1. The van der Waals surface area contributed by atoms with Crippen LogP contribution in [0.3, 0.4) is 0 Å². The van der Waals surface area contributed by atoms with Crippen molar-refractivity contribution in [1.82, 2.24) is 4.90 Å². The van der Waals surface area contributed by atoms with E-state index in [4.69, 9.17) is 10.5 Å². The topological polar surface area (TPSA) is 89.7 Å². The lowest BCUT2D eigenvalue weighted by Gasteiger charge is -2.28. The minimum atomic E-state index is -2.90. The minimum Gasteiger partial charge on any atom is -0.465 e. The molecule has 1 heterocycles. The molecule has 0 bridgehead atoms. The van der Waals surface area contributed by atoms with Crippen molar-refractivity contribution in [2.75, 3.05) is 31.2 Å². The summed E-state index contributed by atoms with van der Waals surface area (Å²) < 4.78 is 28.3. The maximum Gasteiger partial charge on any atom is 0.326 e. The molecule has 0 radical (unpaired) electrons. The largest absolute Gasteiger partial charge is 0.465 e. The number of esters is 1. The third kappa shape index (κ3) is 3.51. The summed E-state index contributed by atoms with van der Waals surface area (Å²) in [6.07, 6.45) is 2.66. The van der Waals surface area contributed by atoms with Gasteiger partial charge in [0.25, 0.3) is 0 Å². The molecule has 0 amide bonds. The highest BCUT2D eigenvalue weighted by atomic mass is 32.2. The zero-order valence-electron chi connectivity index (χ0n) is 12.0. The molecule has 0 aromatic carbocycles. The molecule has 0 spiro atoms. The van der Waals surface area contributed by atoms with E-state index >= 15 is 0 Å². The van der Waals surface area contributed by atoms with Crippen LogP contribution in [0, 0.1) is 0 Å². The SMILES string of the molecule is CCOC(=O)C1(N)CCC(N2CCCS(=O)(=O)CC2)C1. The van der Waals surface area contributed by atoms with Crippen LogP contribution < -0.4 is 5.73 Å². The normalized spacial score (nSPS) is 34.6. The molecular weight excluding hydrogens is 280 g/mol. The molecule has 20 heavy (non-hydrogen) atoms. The highest BCUT2D eigenvalue weighted by Crippen LogP contribution is 2.32. The molecule has 2 aliphatic rings. The fourth-order valence-electron chi connectivity index (χ4n) is 3.14. The van der Waals surface area contributed by atoms with Gasteiger partial charge in [-0.3, -0.25) is 9.69 Å². The van der Waals surface area contributed by atoms with E-state index in [0.29, 0.717) is 32.4 Å². The Hall–Kier alpha value is -0.660. The molecule has 1 aliphatic heterocycles. The summed E-state index contributed by atoms with van der Waals surface area (Å²) in [7, 11) is -2.90. The van der Waals surface area contributed by atoms with Crippen LogP contribution in [0.25, 0.3) is 0 Å². The molecule has 1 saturated heterocycles. The highest BCUT2D eigenvalue weighted by Gasteiger charge is 2.45. The van der Waals surface area contributed by atoms with Gasteiger partial charge < -0.3 is 10.5 Å². The first-order valence-corrected chi connectivity index (χ1v) is 9.09. The van der Waals surface area contributed by atoms with E-state index in [1.54, 1.807) is 6.92 Å². The lowest BCUT2D eigenvalue weighted by atomic mass is 9.99. The number of rotatable bonds is 3. The predicted octanol–water partition coefficient (Wildman–Crippen LogP) is -0.0800. The maximum absolute atomic E-state index is 11.9. The molecule has 7 heteroatoms. The van der Waals surface area contributed by atoms with Gasteiger partial charge in [0.2, 0.25) is 0 Å². The maximum atomic E-state index is 11.9. The first kappa shape index (κ1) is 15.7. The van der Waals surface area contributed by atoms with Gasteiger partial charge in [-0.1, -0.05) is 0 Å². The number of ether oxygens (including phenoxy) is 1. The Balaban J connectivity index is 1.97. The van der Waals surface area contributed by atoms with Crippen LogP contribution in [0.2, 0.25) is 0 Å². The van der Waals surface area contributed by atoms with Crippen molar-refractivity contribution >= 4 is 15.8 Å². The van der Waals surface area contributed by atoms with Crippen LogP contribution in [0.5, 0.6) is 0 Å². The summed E-state index contributed by atoms with van der Waals surface area (Å²) in [5.41, 5.74) is 5.26. The van der Waals surface area contributed by atoms with Crippen molar-refractivity contribution in [3.63, 3.8) is 0 Å². The Morgan fingerprint density at radius 1 is 1.40 bits per heavy atom. The number of nitrogens with two attached hydrogens (primary N) is 1. The highest BCUT2D eigenvalue weighted by molar-refractivity contribution is 7.91. The minimum absolute atomic E-state index is 0.192. The van der Waals surface area contributed by atoms with Crippen molar-refractivity contribution in [2.45, 2.75) is 44.2 Å². The Kier molecular flexibility index (Phi) is 4.71. The third-order valence-electron chi connectivity index (χ3n) is 4.31. The lowest BCUT2D eigenvalue weighted by molar-refractivity contribution is -0.149. The van der Waals surface area contributed by atoms with Crippen LogP contribution in [-0.4, -0.2) is 62.1 Å². The van der Waals surface area contributed by atoms with Gasteiger partial charge in [0.15, 0.2) is 9.84 Å². The fraction of sp³-hybridized carbons (Fsp3) is 0.923. The van der Waals surface area contributed by atoms with Crippen molar-refractivity contribution in [3.8, 4) is 0 Å². The van der Waals surface area contributed by atoms with E-state index < -0.39 is 15.4 Å². The second-order valence-corrected chi connectivity index (χ2v) is 8.12. The zero-order valence-corrected chi connectivity index (χ0v) is 12.8. The second-order valence-electron chi connectivity index (χ2n) is 5.81. The summed E-state index contributed by atoms with van der Waals surface area (Å²) in [6.45, 7) is 3.42. The fourth-order valence-corrected chi connectivity index (χ4v) is 4.43. The monoisotopic (exact) mass is 304 g/mol. The number of hydrogen-bond acceptors (Lipinski definition) is 6. The van der Waals surface area contributed by atoms with Gasteiger partial charge >= 0.3 is 5.97 Å². The molecule has 2 fully saturated rings. The number of carbonyl (C=O) groups excluding carboxylic acids is 1. The Morgan fingerprint density at radius 2 is 2.15 bits per heavy atom. The lowest BCUT2D eigenvalue weighted by Crippen LogP contribution is -2.48. The predicted molar refractivity (Wildman–Crippen MR) is 76.0 cm³/mol. The molecule has 116 valence electrons. The van der Waals surface area contributed by atoms with E-state index in [1.807, 2.05) is 0 Å². The van der Waals surface area contributed by atoms with Crippen LogP contribution in [-0.2, 0) is 19.4 Å². The van der Waals surface area contributed by atoms with Crippen LogP contribution in [0.1, 0.15) is 32.6 Å². The van der Waals surface area contributed by atoms with Crippen LogP contribution in [0.15, 0.2) is 0 Å². The quantitative estimate of drug-likeness (QED) is 0.734. The molecule has 1 aliphatic carbocycles. The third-order valence-corrected chi connectivity index (χ3v) is 6.03. The van der Waals surface area contributed by atoms with E-state index in [0.717, 1.165) is 13.0 Å². The van der Waals surface area contributed by atoms with Crippen LogP contribution >= 0.6 is 0 Å². The summed E-state index contributed by atoms with van der Waals surface area (Å²) in [5, 5.41) is 0. The van der Waals surface area contributed by atoms with Gasteiger partial charge in [-0.15, -0.1) is 0 Å². The van der Waals surface area contributed by atoms with Gasteiger partial charge in [-0.05, 0) is 39.2 Å². The number of sulfone groups is 1. The van der Waals surface area contributed by atoms with Gasteiger partial charge in [0.05, 0.1) is 18.1 Å². The molecular formula is C13H24N2O4S. The molecule has 2 unspecified atom stereocenters. The summed E-state index contributed by atoms with van der Waals surface area (Å²) in [5.74, 6) is 0.146. The average molecular weight is 304 g/mol. The Morgan fingerprint density at radius 3 is 2.85 bits per heavy atom. The number of nitrogens with zero attached hydrogens (tertiary/aromatic N) is 1. The first-order valence-electron chi connectivity index (χ1n) is 7.27. The molecule has 2 atom stereocenters. The Bertz CT molecular complexity index is 465. The van der Waals surface area contributed by atoms with E-state index in [2.05, 4.69) is 4.90 Å². The molecule has 6 nitrogen and oxygen atoms in total. The van der Waals surface area contributed by atoms with Crippen molar-refractivity contribution in [1.29, 1.82) is 0 Å². The summed E-state index contributed by atoms with van der Waals surface area (Å²) in [6, 6.07) is 0.192. The van der Waals surface area contributed by atoms with Gasteiger partial charge in [-0.2, -0.15) is 0 Å². The first-order chi connectivity index (χ1) is 9.36. The standard InChI is InChI=1S/C13H24N2O4S/c1-2-19-12(16)13(14)5-4-11(10-13)15-6-3-8-20(17,18)9-7-15/h11H,2-10,14H2,1H3.